The van der Waals surface area contributed by atoms with Crippen molar-refractivity contribution in [3.63, 3.8) is 0 Å². The van der Waals surface area contributed by atoms with Crippen LogP contribution in [0, 0.1) is 0 Å². The molecular formula is C11H16BrN3O2S. The van der Waals surface area contributed by atoms with E-state index >= 15 is 0 Å². The number of rotatable bonds is 5. The number of halogens is 1. The predicted molar refractivity (Wildman–Crippen MR) is 74.1 cm³/mol. The smallest absolute Gasteiger partial charge is 0.246 e. The van der Waals surface area contributed by atoms with Gasteiger partial charge in [-0.1, -0.05) is 0 Å². The number of nitrogens with one attached hydrogen (secondary N) is 1. The van der Waals surface area contributed by atoms with Crippen molar-refractivity contribution in [1.29, 1.82) is 0 Å². The van der Waals surface area contributed by atoms with Crippen molar-refractivity contribution in [2.24, 2.45) is 0 Å². The molecule has 0 saturated heterocycles. The van der Waals surface area contributed by atoms with E-state index in [-0.39, 0.29) is 10.9 Å². The van der Waals surface area contributed by atoms with Crippen LogP contribution in [0.2, 0.25) is 0 Å². The Morgan fingerprint density at radius 3 is 2.78 bits per heavy atom. The van der Waals surface area contributed by atoms with Crippen LogP contribution in [0.25, 0.3) is 0 Å². The lowest BCUT2D eigenvalue weighted by Gasteiger charge is -2.18. The monoisotopic (exact) mass is 333 g/mol. The average Bonchev–Trinajstić information content (AvgIpc) is 3.14. The molecule has 0 radical (unpaired) electrons. The van der Waals surface area contributed by atoms with E-state index in [1.807, 2.05) is 6.92 Å². The maximum Gasteiger partial charge on any atom is 0.246 e. The first-order chi connectivity index (χ1) is 8.46. The Kier molecular flexibility index (Phi) is 3.93. The third-order valence-corrected chi connectivity index (χ3v) is 5.24. The van der Waals surface area contributed by atoms with Crippen LogP contribution < -0.4 is 5.32 Å². The lowest BCUT2D eigenvalue weighted by Crippen LogP contribution is -2.29. The highest BCUT2D eigenvalue weighted by atomic mass is 79.9. The minimum atomic E-state index is -3.47. The number of hydrogen-bond donors (Lipinski definition) is 1. The third kappa shape index (κ3) is 2.67. The van der Waals surface area contributed by atoms with Gasteiger partial charge < -0.3 is 5.32 Å². The summed E-state index contributed by atoms with van der Waals surface area (Å²) < 4.78 is 27.1. The van der Waals surface area contributed by atoms with Gasteiger partial charge in [-0.25, -0.2) is 13.4 Å². The van der Waals surface area contributed by atoms with E-state index in [0.717, 1.165) is 12.8 Å². The molecule has 7 heteroatoms. The van der Waals surface area contributed by atoms with Crippen molar-refractivity contribution in [2.75, 3.05) is 18.9 Å². The molecule has 0 unspecified atom stereocenters. The number of nitrogens with zero attached hydrogens (tertiary/aromatic N) is 2. The average molecular weight is 334 g/mol. The first-order valence-corrected chi connectivity index (χ1v) is 8.07. The van der Waals surface area contributed by atoms with Gasteiger partial charge in [0, 0.05) is 30.3 Å². The van der Waals surface area contributed by atoms with Crippen LogP contribution in [0.5, 0.6) is 0 Å². The Bertz CT molecular complexity index is 543. The zero-order chi connectivity index (χ0) is 13.3. The van der Waals surface area contributed by atoms with Crippen molar-refractivity contribution in [2.45, 2.75) is 30.7 Å². The summed E-state index contributed by atoms with van der Waals surface area (Å²) >= 11 is 3.27. The van der Waals surface area contributed by atoms with Crippen LogP contribution in [0.3, 0.4) is 0 Å². The lowest BCUT2D eigenvalue weighted by atomic mass is 10.4. The Morgan fingerprint density at radius 1 is 1.56 bits per heavy atom. The van der Waals surface area contributed by atoms with Gasteiger partial charge in [0.05, 0.1) is 0 Å². The van der Waals surface area contributed by atoms with E-state index < -0.39 is 10.0 Å². The summed E-state index contributed by atoms with van der Waals surface area (Å²) in [5.41, 5.74) is 0. The molecule has 100 valence electrons. The molecule has 1 aromatic heterocycles. The van der Waals surface area contributed by atoms with Gasteiger partial charge in [0.1, 0.15) is 10.7 Å². The molecule has 1 aromatic rings. The fraction of sp³-hybridized carbons (Fsp3) is 0.545. The minimum Gasteiger partial charge on any atom is -0.369 e. The highest BCUT2D eigenvalue weighted by molar-refractivity contribution is 9.10. The first kappa shape index (κ1) is 13.8. The molecule has 1 fully saturated rings. The van der Waals surface area contributed by atoms with Crippen molar-refractivity contribution in [3.8, 4) is 0 Å². The quantitative estimate of drug-likeness (QED) is 0.895. The van der Waals surface area contributed by atoms with Crippen LogP contribution in [0.1, 0.15) is 19.8 Å². The largest absolute Gasteiger partial charge is 0.369 e. The number of hydrogen-bond acceptors (Lipinski definition) is 4. The summed E-state index contributed by atoms with van der Waals surface area (Å²) in [6.07, 6.45) is 3.47. The van der Waals surface area contributed by atoms with Gasteiger partial charge in [-0.15, -0.1) is 0 Å². The second-order valence-corrected chi connectivity index (χ2v) is 7.16. The lowest BCUT2D eigenvalue weighted by molar-refractivity contribution is 0.464. The summed E-state index contributed by atoms with van der Waals surface area (Å²) in [4.78, 5) is 4.36. The van der Waals surface area contributed by atoms with Crippen molar-refractivity contribution < 1.29 is 8.42 Å². The summed E-state index contributed by atoms with van der Waals surface area (Å²) in [6, 6.07) is 1.74. The van der Waals surface area contributed by atoms with E-state index in [2.05, 4.69) is 26.2 Å². The van der Waals surface area contributed by atoms with E-state index in [1.54, 1.807) is 19.3 Å². The zero-order valence-corrected chi connectivity index (χ0v) is 12.8. The van der Waals surface area contributed by atoms with E-state index in [0.29, 0.717) is 16.8 Å². The summed E-state index contributed by atoms with van der Waals surface area (Å²) in [7, 11) is -1.84. The molecule has 5 nitrogen and oxygen atoms in total. The topological polar surface area (TPSA) is 62.3 Å². The van der Waals surface area contributed by atoms with Crippen LogP contribution in [0.15, 0.2) is 21.6 Å². The van der Waals surface area contributed by atoms with Gasteiger partial charge in [0.2, 0.25) is 10.0 Å². The molecule has 1 aliphatic rings. The van der Waals surface area contributed by atoms with Gasteiger partial charge in [-0.2, -0.15) is 4.31 Å². The molecular weight excluding hydrogens is 318 g/mol. The molecule has 0 spiro atoms. The number of sulfonamides is 1. The fourth-order valence-corrected chi connectivity index (χ4v) is 3.75. The molecule has 1 aliphatic carbocycles. The van der Waals surface area contributed by atoms with E-state index in [9.17, 15) is 8.42 Å². The fourth-order valence-electron chi connectivity index (χ4n) is 1.71. The van der Waals surface area contributed by atoms with Crippen LogP contribution in [-0.4, -0.2) is 37.3 Å². The molecule has 0 aromatic carbocycles. The second-order valence-electron chi connectivity index (χ2n) is 4.28. The number of aromatic nitrogens is 1. The standard InChI is InChI=1S/C11H16BrN3O2S/c1-3-13-11-10(6-8(12)7-14-11)18(16,17)15(2)9-4-5-9/h6-7,9H,3-5H2,1-2H3,(H,13,14). The zero-order valence-electron chi connectivity index (χ0n) is 10.4. The van der Waals surface area contributed by atoms with Gasteiger partial charge in [0.25, 0.3) is 0 Å². The highest BCUT2D eigenvalue weighted by Crippen LogP contribution is 2.33. The van der Waals surface area contributed by atoms with Crippen molar-refractivity contribution >= 4 is 31.8 Å². The third-order valence-electron chi connectivity index (χ3n) is 2.88. The van der Waals surface area contributed by atoms with Gasteiger partial charge in [-0.3, -0.25) is 0 Å². The maximum absolute atomic E-state index is 12.5. The van der Waals surface area contributed by atoms with E-state index in [1.165, 1.54) is 4.31 Å². The maximum atomic E-state index is 12.5. The van der Waals surface area contributed by atoms with Crippen LogP contribution in [-0.2, 0) is 10.0 Å². The summed E-state index contributed by atoms with van der Waals surface area (Å²) in [5.74, 6) is 0.410. The van der Waals surface area contributed by atoms with Crippen LogP contribution >= 0.6 is 15.9 Å². The van der Waals surface area contributed by atoms with Gasteiger partial charge >= 0.3 is 0 Å². The molecule has 18 heavy (non-hydrogen) atoms. The SMILES string of the molecule is CCNc1ncc(Br)cc1S(=O)(=O)N(C)C1CC1. The highest BCUT2D eigenvalue weighted by Gasteiger charge is 2.36. The van der Waals surface area contributed by atoms with Crippen LogP contribution in [0.4, 0.5) is 5.82 Å². The molecule has 0 amide bonds. The Morgan fingerprint density at radius 2 is 2.22 bits per heavy atom. The molecule has 1 heterocycles. The summed E-state index contributed by atoms with van der Waals surface area (Å²) in [5, 5.41) is 2.99. The number of anilines is 1. The van der Waals surface area contributed by atoms with E-state index in [4.69, 9.17) is 0 Å². The van der Waals surface area contributed by atoms with Crippen molar-refractivity contribution in [1.82, 2.24) is 9.29 Å². The minimum absolute atomic E-state index is 0.142. The molecule has 0 bridgehead atoms. The number of pyridine rings is 1. The Labute approximate surface area is 116 Å². The second kappa shape index (κ2) is 5.14. The Hall–Kier alpha value is -0.660. The Balaban J connectivity index is 2.44. The summed E-state index contributed by atoms with van der Waals surface area (Å²) in [6.45, 7) is 2.54. The predicted octanol–water partition coefficient (Wildman–Crippen LogP) is 2.06. The first-order valence-electron chi connectivity index (χ1n) is 5.84. The normalized spacial score (nSPS) is 16.0. The molecule has 2 rings (SSSR count). The van der Waals surface area contributed by atoms with Crippen molar-refractivity contribution in [3.05, 3.63) is 16.7 Å². The molecule has 1 saturated carbocycles. The molecule has 0 aliphatic heterocycles. The molecule has 0 atom stereocenters. The molecule has 1 N–H and O–H groups in total. The van der Waals surface area contributed by atoms with Gasteiger partial charge in [0.15, 0.2) is 0 Å². The van der Waals surface area contributed by atoms with Gasteiger partial charge in [-0.05, 0) is 41.8 Å².